The molecule has 1 aromatic heterocycles. The number of benzene rings is 2. The highest BCUT2D eigenvalue weighted by Crippen LogP contribution is 2.25. The van der Waals surface area contributed by atoms with E-state index >= 15 is 0 Å². The second-order valence-corrected chi connectivity index (χ2v) is 6.71. The van der Waals surface area contributed by atoms with E-state index in [-0.39, 0.29) is 5.91 Å². The molecule has 0 aliphatic rings. The minimum absolute atomic E-state index is 0.339. The highest BCUT2D eigenvalue weighted by molar-refractivity contribution is 5.96. The highest BCUT2D eigenvalue weighted by Gasteiger charge is 2.16. The van der Waals surface area contributed by atoms with Gasteiger partial charge >= 0.3 is 0 Å². The van der Waals surface area contributed by atoms with Crippen molar-refractivity contribution in [3.05, 3.63) is 65.4 Å². The van der Waals surface area contributed by atoms with Crippen LogP contribution in [0.15, 0.2) is 53.6 Å². The Hall–Kier alpha value is -3.61. The summed E-state index contributed by atoms with van der Waals surface area (Å²) in [5.41, 5.74) is 7.32. The molecule has 0 radical (unpaired) electrons. The summed E-state index contributed by atoms with van der Waals surface area (Å²) >= 11 is 0. The number of anilines is 1. The third-order valence-electron chi connectivity index (χ3n) is 4.46. The number of ether oxygens (including phenoxy) is 1. The molecule has 7 heteroatoms. The predicted octanol–water partition coefficient (Wildman–Crippen LogP) is 3.61. The van der Waals surface area contributed by atoms with E-state index in [1.165, 1.54) is 0 Å². The molecule has 0 bridgehead atoms. The lowest BCUT2D eigenvalue weighted by Crippen LogP contribution is -2.19. The molecule has 1 heterocycles. The third-order valence-corrected chi connectivity index (χ3v) is 4.46. The molecule has 0 saturated carbocycles. The third kappa shape index (κ3) is 4.82. The maximum atomic E-state index is 12.5. The second kappa shape index (κ2) is 9.05. The molecule has 0 unspecified atom stereocenters. The Morgan fingerprint density at radius 1 is 1.17 bits per heavy atom. The number of hydrogen-bond acceptors (Lipinski definition) is 5. The molecule has 0 aliphatic carbocycles. The van der Waals surface area contributed by atoms with E-state index in [1.807, 2.05) is 81.4 Å². The van der Waals surface area contributed by atoms with Gasteiger partial charge in [0.25, 0.3) is 5.91 Å². The molecular weight excluding hydrogens is 366 g/mol. The molecule has 3 rings (SSSR count). The quantitative estimate of drug-likeness (QED) is 0.476. The fraction of sp³-hybridized carbons (Fsp3) is 0.227. The maximum Gasteiger partial charge on any atom is 0.289 e. The van der Waals surface area contributed by atoms with Crippen LogP contribution in [0, 0.1) is 6.92 Å². The van der Waals surface area contributed by atoms with Gasteiger partial charge < -0.3 is 9.64 Å². The maximum absolute atomic E-state index is 12.5. The van der Waals surface area contributed by atoms with Gasteiger partial charge in [0.2, 0.25) is 0 Å². The first-order chi connectivity index (χ1) is 14.0. The number of nitrogens with zero attached hydrogens (tertiary/aromatic N) is 3. The zero-order valence-electron chi connectivity index (χ0n) is 17.1. The van der Waals surface area contributed by atoms with E-state index in [0.717, 1.165) is 33.8 Å². The van der Waals surface area contributed by atoms with Crippen molar-refractivity contribution >= 4 is 17.8 Å². The van der Waals surface area contributed by atoms with Crippen molar-refractivity contribution in [2.24, 2.45) is 5.10 Å². The number of nitrogens with one attached hydrogen (secondary N) is 2. The first kappa shape index (κ1) is 20.1. The average molecular weight is 391 g/mol. The van der Waals surface area contributed by atoms with Gasteiger partial charge in [0.15, 0.2) is 0 Å². The van der Waals surface area contributed by atoms with Crippen LogP contribution in [0.2, 0.25) is 0 Å². The van der Waals surface area contributed by atoms with Gasteiger partial charge in [-0.3, -0.25) is 9.89 Å². The Bertz CT molecular complexity index is 989. The van der Waals surface area contributed by atoms with Crippen molar-refractivity contribution in [3.8, 4) is 17.0 Å². The van der Waals surface area contributed by atoms with Crippen LogP contribution in [0.4, 0.5) is 5.69 Å². The summed E-state index contributed by atoms with van der Waals surface area (Å²) < 4.78 is 5.46. The SMILES string of the molecule is CCOc1ccc(-c2n[nH]c(C(=O)NN=Cc3ccc(N(C)C)cc3)c2C)cc1. The molecule has 0 fully saturated rings. The summed E-state index contributed by atoms with van der Waals surface area (Å²) in [5.74, 6) is 0.462. The van der Waals surface area contributed by atoms with Crippen LogP contribution in [0.25, 0.3) is 11.3 Å². The van der Waals surface area contributed by atoms with Gasteiger partial charge in [-0.2, -0.15) is 10.2 Å². The molecule has 1 amide bonds. The number of amides is 1. The van der Waals surface area contributed by atoms with E-state index in [0.29, 0.717) is 12.3 Å². The molecule has 7 nitrogen and oxygen atoms in total. The topological polar surface area (TPSA) is 82.6 Å². The molecule has 0 spiro atoms. The summed E-state index contributed by atoms with van der Waals surface area (Å²) in [6.07, 6.45) is 1.61. The number of aromatic amines is 1. The average Bonchev–Trinajstić information content (AvgIpc) is 3.10. The second-order valence-electron chi connectivity index (χ2n) is 6.71. The molecule has 2 N–H and O–H groups in total. The van der Waals surface area contributed by atoms with Crippen molar-refractivity contribution in [3.63, 3.8) is 0 Å². The number of carbonyl (C=O) groups excluding carboxylic acids is 1. The molecule has 2 aromatic carbocycles. The largest absolute Gasteiger partial charge is 0.494 e. The Kier molecular flexibility index (Phi) is 6.29. The van der Waals surface area contributed by atoms with Crippen LogP contribution in [0.1, 0.15) is 28.5 Å². The minimum Gasteiger partial charge on any atom is -0.494 e. The molecule has 150 valence electrons. The first-order valence-electron chi connectivity index (χ1n) is 9.38. The van der Waals surface area contributed by atoms with E-state index in [2.05, 4.69) is 20.7 Å². The van der Waals surface area contributed by atoms with Gasteiger partial charge in [-0.05, 0) is 55.8 Å². The molecular formula is C22H25N5O2. The number of carbonyl (C=O) groups is 1. The number of hydrazone groups is 1. The summed E-state index contributed by atoms with van der Waals surface area (Å²) in [7, 11) is 3.97. The minimum atomic E-state index is -0.339. The predicted molar refractivity (Wildman–Crippen MR) is 116 cm³/mol. The number of H-pyrrole nitrogens is 1. The van der Waals surface area contributed by atoms with Gasteiger partial charge in [0.05, 0.1) is 18.5 Å². The van der Waals surface area contributed by atoms with E-state index in [1.54, 1.807) is 6.21 Å². The Morgan fingerprint density at radius 2 is 1.86 bits per heavy atom. The fourth-order valence-corrected chi connectivity index (χ4v) is 2.86. The van der Waals surface area contributed by atoms with E-state index in [4.69, 9.17) is 4.74 Å². The van der Waals surface area contributed by atoms with Gasteiger partial charge in [-0.25, -0.2) is 5.43 Å². The lowest BCUT2D eigenvalue weighted by atomic mass is 10.1. The van der Waals surface area contributed by atoms with Crippen LogP contribution in [0.3, 0.4) is 0 Å². The summed E-state index contributed by atoms with van der Waals surface area (Å²) in [6.45, 7) is 4.41. The number of hydrogen-bond donors (Lipinski definition) is 2. The lowest BCUT2D eigenvalue weighted by molar-refractivity contribution is 0.0949. The standard InChI is InChI=1S/C22H25N5O2/c1-5-29-19-12-8-17(9-13-19)20-15(2)21(25-24-20)22(28)26-23-14-16-6-10-18(11-7-16)27(3)4/h6-14H,5H2,1-4H3,(H,24,25)(H,26,28). The zero-order chi connectivity index (χ0) is 20.8. The lowest BCUT2D eigenvalue weighted by Gasteiger charge is -2.11. The van der Waals surface area contributed by atoms with Gasteiger partial charge in [0.1, 0.15) is 11.4 Å². The van der Waals surface area contributed by atoms with Crippen LogP contribution in [0.5, 0.6) is 5.75 Å². The summed E-state index contributed by atoms with van der Waals surface area (Å²) in [4.78, 5) is 14.5. The molecule has 0 aliphatic heterocycles. The van der Waals surface area contributed by atoms with Gasteiger partial charge in [-0.1, -0.05) is 12.1 Å². The van der Waals surface area contributed by atoms with Crippen LogP contribution >= 0.6 is 0 Å². The van der Waals surface area contributed by atoms with Gasteiger partial charge in [-0.15, -0.1) is 0 Å². The summed E-state index contributed by atoms with van der Waals surface area (Å²) in [6, 6.07) is 15.5. The highest BCUT2D eigenvalue weighted by atomic mass is 16.5. The Morgan fingerprint density at radius 3 is 2.48 bits per heavy atom. The normalized spacial score (nSPS) is 10.9. The monoisotopic (exact) mass is 391 g/mol. The van der Waals surface area contributed by atoms with Crippen molar-refractivity contribution < 1.29 is 9.53 Å². The van der Waals surface area contributed by atoms with Crippen molar-refractivity contribution in [1.82, 2.24) is 15.6 Å². The molecule has 29 heavy (non-hydrogen) atoms. The first-order valence-corrected chi connectivity index (χ1v) is 9.38. The van der Waals surface area contributed by atoms with Crippen LogP contribution in [-0.4, -0.2) is 43.0 Å². The Labute approximate surface area is 170 Å². The zero-order valence-corrected chi connectivity index (χ0v) is 17.1. The molecule has 0 atom stereocenters. The number of aromatic nitrogens is 2. The molecule has 0 saturated heterocycles. The summed E-state index contributed by atoms with van der Waals surface area (Å²) in [5, 5.41) is 11.1. The Balaban J connectivity index is 1.67. The van der Waals surface area contributed by atoms with Crippen molar-refractivity contribution in [2.45, 2.75) is 13.8 Å². The number of rotatable bonds is 7. The molecule has 3 aromatic rings. The van der Waals surface area contributed by atoms with Crippen molar-refractivity contribution in [2.75, 3.05) is 25.6 Å². The van der Waals surface area contributed by atoms with Crippen LogP contribution < -0.4 is 15.1 Å². The smallest absolute Gasteiger partial charge is 0.289 e. The fourth-order valence-electron chi connectivity index (χ4n) is 2.86. The van der Waals surface area contributed by atoms with Crippen molar-refractivity contribution in [1.29, 1.82) is 0 Å². The van der Waals surface area contributed by atoms with E-state index < -0.39 is 0 Å². The van der Waals surface area contributed by atoms with Crippen LogP contribution in [-0.2, 0) is 0 Å². The van der Waals surface area contributed by atoms with Gasteiger partial charge in [0, 0.05) is 30.9 Å². The van der Waals surface area contributed by atoms with E-state index in [9.17, 15) is 4.79 Å².